The van der Waals surface area contributed by atoms with Crippen LogP contribution >= 0.6 is 22.6 Å². The minimum absolute atomic E-state index is 0.275. The predicted octanol–water partition coefficient (Wildman–Crippen LogP) is 3.45. The number of hydrogen-bond donors (Lipinski definition) is 1. The minimum Gasteiger partial charge on any atom is -0.383 e. The zero-order valence-corrected chi connectivity index (χ0v) is 12.0. The van der Waals surface area contributed by atoms with E-state index in [0.717, 1.165) is 20.7 Å². The minimum atomic E-state index is 0.275. The summed E-state index contributed by atoms with van der Waals surface area (Å²) in [5.41, 5.74) is 7.93. The van der Waals surface area contributed by atoms with Gasteiger partial charge in [0.15, 0.2) is 0 Å². The van der Waals surface area contributed by atoms with E-state index in [0.29, 0.717) is 5.82 Å². The summed E-state index contributed by atoms with van der Waals surface area (Å²) in [4.78, 5) is 8.92. The molecule has 4 heteroatoms. The largest absolute Gasteiger partial charge is 0.383 e. The van der Waals surface area contributed by atoms with Gasteiger partial charge in [0.1, 0.15) is 11.6 Å². The van der Waals surface area contributed by atoms with Gasteiger partial charge in [-0.2, -0.15) is 0 Å². The topological polar surface area (TPSA) is 51.8 Å². The highest BCUT2D eigenvalue weighted by molar-refractivity contribution is 14.1. The van der Waals surface area contributed by atoms with Crippen molar-refractivity contribution in [1.29, 1.82) is 0 Å². The lowest BCUT2D eigenvalue weighted by atomic mass is 10.1. The highest BCUT2D eigenvalue weighted by atomic mass is 127. The van der Waals surface area contributed by atoms with Crippen LogP contribution < -0.4 is 5.73 Å². The van der Waals surface area contributed by atoms with E-state index >= 15 is 0 Å². The maximum absolute atomic E-state index is 5.94. The number of nitrogens with two attached hydrogens (primary N) is 1. The van der Waals surface area contributed by atoms with Gasteiger partial charge in [0.05, 0.1) is 9.26 Å². The molecular weight excluding hydrogens is 325 g/mol. The van der Waals surface area contributed by atoms with Crippen molar-refractivity contribution in [3.05, 3.63) is 39.7 Å². The van der Waals surface area contributed by atoms with Crippen molar-refractivity contribution in [2.45, 2.75) is 19.8 Å². The van der Waals surface area contributed by atoms with E-state index in [1.165, 1.54) is 0 Å². The molecular formula is C13H14IN3. The monoisotopic (exact) mass is 339 g/mol. The quantitative estimate of drug-likeness (QED) is 0.853. The van der Waals surface area contributed by atoms with Crippen LogP contribution in [0.2, 0.25) is 0 Å². The maximum atomic E-state index is 5.94. The van der Waals surface area contributed by atoms with E-state index in [-0.39, 0.29) is 5.92 Å². The molecule has 2 aromatic rings. The Bertz CT molecular complexity index is 524. The van der Waals surface area contributed by atoms with Gasteiger partial charge in [0.2, 0.25) is 0 Å². The average Bonchev–Trinajstić information content (AvgIpc) is 2.33. The Kier molecular flexibility index (Phi) is 3.61. The Morgan fingerprint density at radius 3 is 2.35 bits per heavy atom. The van der Waals surface area contributed by atoms with Crippen LogP contribution in [0.4, 0.5) is 5.82 Å². The highest BCUT2D eigenvalue weighted by Gasteiger charge is 2.13. The molecule has 2 rings (SSSR count). The molecule has 0 saturated carbocycles. The van der Waals surface area contributed by atoms with Gasteiger partial charge in [-0.15, -0.1) is 0 Å². The highest BCUT2D eigenvalue weighted by Crippen LogP contribution is 2.27. The van der Waals surface area contributed by atoms with Crippen molar-refractivity contribution in [1.82, 2.24) is 9.97 Å². The van der Waals surface area contributed by atoms with E-state index in [2.05, 4.69) is 46.4 Å². The summed E-state index contributed by atoms with van der Waals surface area (Å²) in [7, 11) is 0. The molecule has 1 aromatic carbocycles. The third-order valence-electron chi connectivity index (χ3n) is 2.46. The third kappa shape index (κ3) is 2.57. The van der Waals surface area contributed by atoms with Crippen LogP contribution in [0.15, 0.2) is 30.3 Å². The van der Waals surface area contributed by atoms with Crippen LogP contribution in [0.3, 0.4) is 0 Å². The molecule has 0 aliphatic carbocycles. The molecule has 0 amide bonds. The van der Waals surface area contributed by atoms with Crippen molar-refractivity contribution in [2.75, 3.05) is 5.73 Å². The van der Waals surface area contributed by atoms with Gasteiger partial charge in [-0.25, -0.2) is 9.97 Å². The average molecular weight is 339 g/mol. The number of aromatic nitrogens is 2. The second kappa shape index (κ2) is 5.00. The molecule has 88 valence electrons. The molecule has 0 bridgehead atoms. The molecule has 2 N–H and O–H groups in total. The first-order valence-corrected chi connectivity index (χ1v) is 6.55. The molecule has 0 aliphatic heterocycles. The van der Waals surface area contributed by atoms with E-state index in [1.54, 1.807) is 0 Å². The summed E-state index contributed by atoms with van der Waals surface area (Å²) in [5, 5.41) is 0. The second-order valence-electron chi connectivity index (χ2n) is 4.15. The van der Waals surface area contributed by atoms with Crippen molar-refractivity contribution in [3.8, 4) is 11.3 Å². The van der Waals surface area contributed by atoms with Crippen LogP contribution in [0.25, 0.3) is 11.3 Å². The first-order chi connectivity index (χ1) is 8.09. The Labute approximate surface area is 115 Å². The number of benzene rings is 1. The molecule has 0 fully saturated rings. The summed E-state index contributed by atoms with van der Waals surface area (Å²) < 4.78 is 0.915. The van der Waals surface area contributed by atoms with Crippen LogP contribution in [-0.2, 0) is 0 Å². The van der Waals surface area contributed by atoms with Gasteiger partial charge in [-0.3, -0.25) is 0 Å². The van der Waals surface area contributed by atoms with E-state index in [9.17, 15) is 0 Å². The Morgan fingerprint density at radius 2 is 1.76 bits per heavy atom. The first-order valence-electron chi connectivity index (χ1n) is 5.48. The normalized spacial score (nSPS) is 10.8. The van der Waals surface area contributed by atoms with Crippen LogP contribution in [0.5, 0.6) is 0 Å². The van der Waals surface area contributed by atoms with Gasteiger partial charge in [0, 0.05) is 11.5 Å². The summed E-state index contributed by atoms with van der Waals surface area (Å²) >= 11 is 2.20. The first kappa shape index (κ1) is 12.3. The molecule has 0 unspecified atom stereocenters. The van der Waals surface area contributed by atoms with Gasteiger partial charge < -0.3 is 5.73 Å². The zero-order chi connectivity index (χ0) is 12.4. The van der Waals surface area contributed by atoms with Gasteiger partial charge in [-0.1, -0.05) is 44.2 Å². The molecule has 0 atom stereocenters. The predicted molar refractivity (Wildman–Crippen MR) is 78.7 cm³/mol. The molecule has 1 aromatic heterocycles. The summed E-state index contributed by atoms with van der Waals surface area (Å²) in [5.74, 6) is 1.63. The Hall–Kier alpha value is -1.17. The van der Waals surface area contributed by atoms with E-state index in [4.69, 9.17) is 5.73 Å². The summed E-state index contributed by atoms with van der Waals surface area (Å²) in [6, 6.07) is 10.1. The van der Waals surface area contributed by atoms with E-state index < -0.39 is 0 Å². The number of hydrogen-bond acceptors (Lipinski definition) is 3. The standard InChI is InChI=1S/C13H14IN3/c1-8(2)13-16-11(10(14)12(15)17-13)9-6-4-3-5-7-9/h3-8H,1-2H3,(H2,15,16,17). The van der Waals surface area contributed by atoms with Gasteiger partial charge >= 0.3 is 0 Å². The van der Waals surface area contributed by atoms with Crippen LogP contribution in [-0.4, -0.2) is 9.97 Å². The smallest absolute Gasteiger partial charge is 0.141 e. The SMILES string of the molecule is CC(C)c1nc(N)c(I)c(-c2ccccc2)n1. The molecule has 0 aliphatic rings. The molecule has 0 spiro atoms. The Balaban J connectivity index is 2.61. The third-order valence-corrected chi connectivity index (χ3v) is 3.52. The number of anilines is 1. The molecule has 0 saturated heterocycles. The van der Waals surface area contributed by atoms with E-state index in [1.807, 2.05) is 30.3 Å². The van der Waals surface area contributed by atoms with Gasteiger partial charge in [-0.05, 0) is 22.6 Å². The van der Waals surface area contributed by atoms with Crippen molar-refractivity contribution in [2.24, 2.45) is 0 Å². The lowest BCUT2D eigenvalue weighted by Crippen LogP contribution is -2.06. The molecule has 1 heterocycles. The lowest BCUT2D eigenvalue weighted by molar-refractivity contribution is 0.777. The second-order valence-corrected chi connectivity index (χ2v) is 5.23. The maximum Gasteiger partial charge on any atom is 0.141 e. The van der Waals surface area contributed by atoms with Gasteiger partial charge in [0.25, 0.3) is 0 Å². The molecule has 17 heavy (non-hydrogen) atoms. The fourth-order valence-corrected chi connectivity index (χ4v) is 2.08. The number of halogens is 1. The lowest BCUT2D eigenvalue weighted by Gasteiger charge is -2.10. The number of rotatable bonds is 2. The molecule has 0 radical (unpaired) electrons. The van der Waals surface area contributed by atoms with Crippen molar-refractivity contribution in [3.63, 3.8) is 0 Å². The van der Waals surface area contributed by atoms with Crippen molar-refractivity contribution < 1.29 is 0 Å². The molecule has 3 nitrogen and oxygen atoms in total. The number of nitrogens with zero attached hydrogens (tertiary/aromatic N) is 2. The summed E-state index contributed by atoms with van der Waals surface area (Å²) in [6.07, 6.45) is 0. The van der Waals surface area contributed by atoms with Crippen LogP contribution in [0, 0.1) is 3.57 Å². The van der Waals surface area contributed by atoms with Crippen molar-refractivity contribution >= 4 is 28.4 Å². The number of nitrogen functional groups attached to an aromatic ring is 1. The summed E-state index contributed by atoms with van der Waals surface area (Å²) in [6.45, 7) is 4.13. The Morgan fingerprint density at radius 1 is 1.12 bits per heavy atom. The fourth-order valence-electron chi connectivity index (χ4n) is 1.53. The zero-order valence-electron chi connectivity index (χ0n) is 9.81. The van der Waals surface area contributed by atoms with Crippen LogP contribution in [0.1, 0.15) is 25.6 Å². The fraction of sp³-hybridized carbons (Fsp3) is 0.231.